The van der Waals surface area contributed by atoms with Crippen LogP contribution < -0.4 is 20.1 Å². The Hall–Kier alpha value is -3.34. The minimum absolute atomic E-state index is 0. The van der Waals surface area contributed by atoms with Gasteiger partial charge in [-0.3, -0.25) is 19.3 Å². The predicted molar refractivity (Wildman–Crippen MR) is 179 cm³/mol. The molecular weight excluding hydrogens is 608 g/mol. The number of ether oxygens (including phenoxy) is 2. The van der Waals surface area contributed by atoms with Crippen LogP contribution in [-0.4, -0.2) is 84.1 Å². The molecule has 3 aliphatic rings. The first kappa shape index (κ1) is 35.5. The summed E-state index contributed by atoms with van der Waals surface area (Å²) >= 11 is 0. The summed E-state index contributed by atoms with van der Waals surface area (Å²) < 4.78 is 11.5. The number of aliphatic hydroxyl groups is 1. The third-order valence-corrected chi connectivity index (χ3v) is 9.86. The lowest BCUT2D eigenvalue weighted by Crippen LogP contribution is -2.75. The van der Waals surface area contributed by atoms with E-state index >= 15 is 0 Å². The van der Waals surface area contributed by atoms with Crippen LogP contribution in [0, 0.1) is 5.92 Å². The second kappa shape index (κ2) is 16.0. The van der Waals surface area contributed by atoms with Gasteiger partial charge in [-0.2, -0.15) is 0 Å². The monoisotopic (exact) mass is 656 g/mol. The van der Waals surface area contributed by atoms with E-state index in [1.165, 1.54) is 13.5 Å². The van der Waals surface area contributed by atoms with Gasteiger partial charge in [0, 0.05) is 38.8 Å². The van der Waals surface area contributed by atoms with Crippen molar-refractivity contribution in [2.75, 3.05) is 33.8 Å². The molecule has 0 bridgehead atoms. The third-order valence-electron chi connectivity index (χ3n) is 9.86. The van der Waals surface area contributed by atoms with E-state index in [9.17, 15) is 19.5 Å². The Morgan fingerprint density at radius 2 is 1.76 bits per heavy atom. The molecule has 1 saturated carbocycles. The van der Waals surface area contributed by atoms with E-state index < -0.39 is 17.7 Å². The number of likely N-dealkylation sites (tertiary alicyclic amines) is 1. The normalized spacial score (nSPS) is 20.9. The number of amides is 3. The summed E-state index contributed by atoms with van der Waals surface area (Å²) in [6, 6.07) is 12.1. The summed E-state index contributed by atoms with van der Waals surface area (Å²) in [5, 5.41) is 16.8. The zero-order chi connectivity index (χ0) is 32.0. The van der Waals surface area contributed by atoms with Crippen molar-refractivity contribution < 1.29 is 29.0 Å². The highest BCUT2D eigenvalue weighted by Gasteiger charge is 2.55. The number of rotatable bonds is 11. The number of piperidine rings is 1. The highest BCUT2D eigenvalue weighted by atomic mass is 35.5. The summed E-state index contributed by atoms with van der Waals surface area (Å²) in [4.78, 5) is 43.8. The molecule has 11 heteroatoms. The molecule has 0 radical (unpaired) electrons. The molecule has 10 nitrogen and oxygen atoms in total. The number of methoxy groups -OCH3 is 1. The largest absolute Gasteiger partial charge is 0.493 e. The minimum Gasteiger partial charge on any atom is -0.493 e. The molecule has 46 heavy (non-hydrogen) atoms. The van der Waals surface area contributed by atoms with E-state index in [2.05, 4.69) is 22.5 Å². The molecule has 1 aliphatic carbocycles. The van der Waals surface area contributed by atoms with Crippen LogP contribution in [0.15, 0.2) is 42.5 Å². The molecule has 3 amide bonds. The van der Waals surface area contributed by atoms with Gasteiger partial charge in [-0.1, -0.05) is 44.7 Å². The zero-order valence-electron chi connectivity index (χ0n) is 27.3. The van der Waals surface area contributed by atoms with Crippen LogP contribution in [0.2, 0.25) is 0 Å². The van der Waals surface area contributed by atoms with Crippen molar-refractivity contribution in [1.29, 1.82) is 0 Å². The number of halogens is 1. The van der Waals surface area contributed by atoms with Crippen LogP contribution in [0.3, 0.4) is 0 Å². The molecule has 1 spiro atoms. The fourth-order valence-corrected chi connectivity index (χ4v) is 7.12. The van der Waals surface area contributed by atoms with E-state index in [0.29, 0.717) is 61.8 Å². The van der Waals surface area contributed by atoms with Crippen molar-refractivity contribution >= 4 is 30.1 Å². The summed E-state index contributed by atoms with van der Waals surface area (Å²) in [5.41, 5.74) is 0.735. The van der Waals surface area contributed by atoms with Crippen molar-refractivity contribution in [1.82, 2.24) is 20.4 Å². The van der Waals surface area contributed by atoms with Gasteiger partial charge in [0.25, 0.3) is 5.91 Å². The number of benzene rings is 2. The van der Waals surface area contributed by atoms with Crippen LogP contribution in [0.1, 0.15) is 80.6 Å². The summed E-state index contributed by atoms with van der Waals surface area (Å²) in [6.07, 6.45) is 7.15. The molecule has 2 aromatic rings. The van der Waals surface area contributed by atoms with E-state index in [1.807, 2.05) is 29.2 Å². The smallest absolute Gasteiger partial charge is 0.251 e. The Kier molecular flexibility index (Phi) is 12.3. The number of hydrogen-bond donors (Lipinski definition) is 3. The minimum atomic E-state index is -0.865. The lowest BCUT2D eigenvalue weighted by atomic mass is 9.78. The molecule has 5 rings (SSSR count). The van der Waals surface area contributed by atoms with E-state index in [-0.39, 0.29) is 36.0 Å². The van der Waals surface area contributed by atoms with Crippen LogP contribution in [-0.2, 0) is 16.1 Å². The van der Waals surface area contributed by atoms with Crippen molar-refractivity contribution in [2.45, 2.75) is 88.9 Å². The number of aliphatic hydroxyl groups excluding tert-OH is 1. The van der Waals surface area contributed by atoms with Crippen LogP contribution in [0.4, 0.5) is 0 Å². The number of nitrogens with zero attached hydrogens (tertiary/aromatic N) is 2. The van der Waals surface area contributed by atoms with Crippen LogP contribution in [0.25, 0.3) is 0 Å². The standard InChI is InChI=1S/C35H48N4O6.ClH/c1-4-5-19-39-33(42)30(31(40)25-9-7-6-8-10-25)37-34(43)35(39)17-20-38(21-18-35)23-24-11-14-27(15-12-24)45-28-16-13-26(32(41)36-2)22-29(28)44-3;/h11-16,22,25,30-31,40H,4-10,17-21,23H2,1-3H3,(H,36,41)(H,37,43);1H/t30-,31-;/m1./s1. The maximum Gasteiger partial charge on any atom is 0.251 e. The third kappa shape index (κ3) is 7.61. The molecule has 2 atom stereocenters. The van der Waals surface area contributed by atoms with Gasteiger partial charge in [0.1, 0.15) is 17.3 Å². The number of carbonyl (C=O) groups excluding carboxylic acids is 3. The number of carbonyl (C=O) groups is 3. The van der Waals surface area contributed by atoms with Gasteiger partial charge in [-0.05, 0) is 73.9 Å². The summed E-state index contributed by atoms with van der Waals surface area (Å²) in [6.45, 7) is 4.72. The van der Waals surface area contributed by atoms with E-state index in [4.69, 9.17) is 9.47 Å². The van der Waals surface area contributed by atoms with E-state index in [1.54, 1.807) is 25.2 Å². The molecule has 0 aromatic heterocycles. The highest BCUT2D eigenvalue weighted by molar-refractivity contribution is 6.00. The average molecular weight is 657 g/mol. The maximum atomic E-state index is 13.9. The van der Waals surface area contributed by atoms with Crippen molar-refractivity contribution in [3.05, 3.63) is 53.6 Å². The molecule has 2 heterocycles. The first-order chi connectivity index (χ1) is 21.8. The Labute approximate surface area is 278 Å². The predicted octanol–water partition coefficient (Wildman–Crippen LogP) is 4.67. The lowest BCUT2D eigenvalue weighted by molar-refractivity contribution is -0.166. The Morgan fingerprint density at radius 3 is 2.39 bits per heavy atom. The van der Waals surface area contributed by atoms with E-state index in [0.717, 1.165) is 44.1 Å². The first-order valence-electron chi connectivity index (χ1n) is 16.5. The fraction of sp³-hybridized carbons (Fsp3) is 0.571. The van der Waals surface area contributed by atoms with Gasteiger partial charge in [0.2, 0.25) is 11.8 Å². The number of hydrogen-bond acceptors (Lipinski definition) is 7. The molecular formula is C35H49ClN4O6. The number of nitrogens with one attached hydrogen (secondary N) is 2. The first-order valence-corrected chi connectivity index (χ1v) is 16.5. The lowest BCUT2D eigenvalue weighted by Gasteiger charge is -2.52. The summed E-state index contributed by atoms with van der Waals surface area (Å²) in [7, 11) is 3.12. The second-order valence-corrected chi connectivity index (χ2v) is 12.7. The number of unbranched alkanes of at least 4 members (excludes halogenated alkanes) is 1. The van der Waals surface area contributed by atoms with Gasteiger partial charge in [0.15, 0.2) is 11.5 Å². The van der Waals surface area contributed by atoms with Crippen molar-refractivity contribution in [2.24, 2.45) is 5.92 Å². The SMILES string of the molecule is CCCCN1C(=O)[C@@H]([C@H](O)C2CCCCC2)NC(=O)C12CCN(Cc1ccc(Oc3ccc(C(=O)NC)cc3OC)cc1)CC2.Cl. The van der Waals surface area contributed by atoms with Gasteiger partial charge in [-0.25, -0.2) is 0 Å². The molecule has 3 fully saturated rings. The molecule has 2 aromatic carbocycles. The van der Waals surface area contributed by atoms with Gasteiger partial charge in [0.05, 0.1) is 13.2 Å². The van der Waals surface area contributed by atoms with Crippen molar-refractivity contribution in [3.8, 4) is 17.2 Å². The quantitative estimate of drug-likeness (QED) is 0.322. The van der Waals surface area contributed by atoms with Crippen LogP contribution >= 0.6 is 12.4 Å². The Bertz CT molecular complexity index is 1340. The topological polar surface area (TPSA) is 120 Å². The Morgan fingerprint density at radius 1 is 1.07 bits per heavy atom. The fourth-order valence-electron chi connectivity index (χ4n) is 7.12. The van der Waals surface area contributed by atoms with Crippen molar-refractivity contribution in [3.63, 3.8) is 0 Å². The molecule has 2 aliphatic heterocycles. The highest BCUT2D eigenvalue weighted by Crippen LogP contribution is 2.37. The van der Waals surface area contributed by atoms with Gasteiger partial charge in [-0.15, -0.1) is 12.4 Å². The summed E-state index contributed by atoms with van der Waals surface area (Å²) in [5.74, 6) is 1.26. The molecule has 2 saturated heterocycles. The molecule has 0 unspecified atom stereocenters. The maximum absolute atomic E-state index is 13.9. The van der Waals surface area contributed by atoms with Crippen LogP contribution in [0.5, 0.6) is 17.2 Å². The number of piperazine rings is 1. The van der Waals surface area contributed by atoms with Gasteiger partial charge < -0.3 is 30.1 Å². The zero-order valence-corrected chi connectivity index (χ0v) is 28.1. The average Bonchev–Trinajstić information content (AvgIpc) is 3.08. The Balaban J connectivity index is 0.00000480. The van der Waals surface area contributed by atoms with Gasteiger partial charge >= 0.3 is 0 Å². The molecule has 252 valence electrons. The second-order valence-electron chi connectivity index (χ2n) is 12.7. The molecule has 3 N–H and O–H groups in total.